The number of carbonyl (C=O) groups excluding carboxylic acids is 1. The summed E-state index contributed by atoms with van der Waals surface area (Å²) in [4.78, 5) is 34.6. The summed E-state index contributed by atoms with van der Waals surface area (Å²) in [5.41, 5.74) is 4.58. The fourth-order valence-electron chi connectivity index (χ4n) is 3.26. The average molecular weight is 398 g/mol. The highest BCUT2D eigenvalue weighted by Crippen LogP contribution is 2.31. The fourth-order valence-corrected chi connectivity index (χ4v) is 3.52. The molecular weight excluding hydrogens is 382 g/mol. The van der Waals surface area contributed by atoms with E-state index in [9.17, 15) is 14.8 Å². The summed E-state index contributed by atoms with van der Waals surface area (Å²) in [5, 5.41) is 12.6. The van der Waals surface area contributed by atoms with Gasteiger partial charge in [0.15, 0.2) is 12.2 Å². The van der Waals surface area contributed by atoms with E-state index in [0.717, 1.165) is 16.7 Å². The van der Waals surface area contributed by atoms with Gasteiger partial charge in [0.2, 0.25) is 5.91 Å². The predicted octanol–water partition coefficient (Wildman–Crippen LogP) is 3.37. The Labute approximate surface area is 164 Å². The number of nitrogens with one attached hydrogen (secondary N) is 1. The Hall–Kier alpha value is -3.26. The SMILES string of the molecule is O=NCC(=O)N1CC=C(c2ccc(-c3nc4nc(O)[nH]c4cc3Cl)cc2)CC1. The number of amides is 1. The number of aromatic amines is 1. The number of pyridine rings is 1. The quantitative estimate of drug-likeness (QED) is 0.655. The van der Waals surface area contributed by atoms with Crippen molar-refractivity contribution in [2.45, 2.75) is 6.42 Å². The molecule has 0 bridgehead atoms. The smallest absolute Gasteiger partial charge is 0.293 e. The minimum absolute atomic E-state index is 0.202. The molecule has 0 aliphatic carbocycles. The summed E-state index contributed by atoms with van der Waals surface area (Å²) in [5.74, 6) is -0.249. The average Bonchev–Trinajstić information content (AvgIpc) is 3.06. The molecule has 9 heteroatoms. The molecule has 0 unspecified atom stereocenters. The Morgan fingerprint density at radius 3 is 2.68 bits per heavy atom. The fraction of sp³-hybridized carbons (Fsp3) is 0.211. The molecule has 142 valence electrons. The van der Waals surface area contributed by atoms with Crippen LogP contribution in [0.15, 0.2) is 41.6 Å². The molecule has 0 saturated carbocycles. The van der Waals surface area contributed by atoms with Gasteiger partial charge in [0.1, 0.15) is 0 Å². The number of hydrogen-bond acceptors (Lipinski definition) is 6. The van der Waals surface area contributed by atoms with Gasteiger partial charge >= 0.3 is 0 Å². The molecule has 0 fully saturated rings. The van der Waals surface area contributed by atoms with Gasteiger partial charge in [-0.15, -0.1) is 0 Å². The third-order valence-corrected chi connectivity index (χ3v) is 4.99. The number of aromatic nitrogens is 3. The molecular formula is C19H16ClN5O3. The Bertz CT molecular complexity index is 1090. The molecule has 2 aromatic heterocycles. The topological polar surface area (TPSA) is 112 Å². The molecule has 0 radical (unpaired) electrons. The number of nitroso groups, excluding NO2 is 1. The highest BCUT2D eigenvalue weighted by molar-refractivity contribution is 6.33. The highest BCUT2D eigenvalue weighted by Gasteiger charge is 2.18. The number of H-pyrrole nitrogens is 1. The molecule has 0 atom stereocenters. The largest absolute Gasteiger partial charge is 0.480 e. The van der Waals surface area contributed by atoms with E-state index in [2.05, 4.69) is 20.1 Å². The predicted molar refractivity (Wildman–Crippen MR) is 106 cm³/mol. The first-order valence-corrected chi connectivity index (χ1v) is 9.05. The van der Waals surface area contributed by atoms with E-state index < -0.39 is 0 Å². The summed E-state index contributed by atoms with van der Waals surface area (Å²) in [7, 11) is 0. The molecule has 0 spiro atoms. The standard InChI is InChI=1S/C19H16ClN5O3/c20-14-9-15-18(24-19(27)22-15)23-17(14)13-3-1-11(2-4-13)12-5-7-25(8-6-12)16(26)10-21-28/h1-5,9H,6-8,10H2,(H2,22,23,24,27). The second-order valence-electron chi connectivity index (χ2n) is 6.43. The van der Waals surface area contributed by atoms with Crippen molar-refractivity contribution in [2.24, 2.45) is 5.18 Å². The highest BCUT2D eigenvalue weighted by atomic mass is 35.5. The molecule has 3 heterocycles. The Morgan fingerprint density at radius 2 is 2.00 bits per heavy atom. The van der Waals surface area contributed by atoms with E-state index in [4.69, 9.17) is 11.6 Å². The lowest BCUT2D eigenvalue weighted by atomic mass is 9.97. The maximum absolute atomic E-state index is 11.7. The van der Waals surface area contributed by atoms with Crippen LogP contribution in [-0.2, 0) is 4.79 Å². The van der Waals surface area contributed by atoms with E-state index in [1.54, 1.807) is 11.0 Å². The number of benzene rings is 1. The monoisotopic (exact) mass is 397 g/mol. The number of hydrogen-bond donors (Lipinski definition) is 2. The molecule has 2 N–H and O–H groups in total. The third-order valence-electron chi connectivity index (χ3n) is 4.70. The van der Waals surface area contributed by atoms with Crippen molar-refractivity contribution in [1.29, 1.82) is 0 Å². The molecule has 4 rings (SSSR count). The van der Waals surface area contributed by atoms with Crippen molar-refractivity contribution in [3.05, 3.63) is 51.9 Å². The number of fused-ring (bicyclic) bond motifs is 1. The van der Waals surface area contributed by atoms with Crippen LogP contribution in [0.1, 0.15) is 12.0 Å². The third kappa shape index (κ3) is 3.46. The van der Waals surface area contributed by atoms with E-state index in [-0.39, 0.29) is 18.5 Å². The van der Waals surface area contributed by atoms with Crippen LogP contribution in [-0.4, -0.2) is 50.5 Å². The van der Waals surface area contributed by atoms with Crippen LogP contribution >= 0.6 is 11.6 Å². The zero-order valence-corrected chi connectivity index (χ0v) is 15.5. The molecule has 3 aromatic rings. The van der Waals surface area contributed by atoms with Crippen LogP contribution in [0.5, 0.6) is 6.01 Å². The van der Waals surface area contributed by atoms with Crippen LogP contribution < -0.4 is 0 Å². The Balaban J connectivity index is 1.56. The summed E-state index contributed by atoms with van der Waals surface area (Å²) >= 11 is 6.34. The first-order valence-electron chi connectivity index (χ1n) is 8.67. The van der Waals surface area contributed by atoms with E-state index in [1.807, 2.05) is 30.3 Å². The van der Waals surface area contributed by atoms with Crippen molar-refractivity contribution in [2.75, 3.05) is 19.6 Å². The first kappa shape index (κ1) is 18.1. The van der Waals surface area contributed by atoms with E-state index in [0.29, 0.717) is 41.4 Å². The lowest BCUT2D eigenvalue weighted by Crippen LogP contribution is -2.36. The Morgan fingerprint density at radius 1 is 1.25 bits per heavy atom. The Kier molecular flexibility index (Phi) is 4.79. The van der Waals surface area contributed by atoms with Gasteiger partial charge in [-0.25, -0.2) is 4.98 Å². The maximum atomic E-state index is 11.7. The molecule has 1 amide bonds. The molecule has 0 saturated heterocycles. The van der Waals surface area contributed by atoms with Gasteiger partial charge in [0.25, 0.3) is 6.01 Å². The van der Waals surface area contributed by atoms with Crippen molar-refractivity contribution in [3.8, 4) is 17.3 Å². The van der Waals surface area contributed by atoms with Gasteiger partial charge < -0.3 is 15.0 Å². The summed E-state index contributed by atoms with van der Waals surface area (Å²) in [6, 6.07) is 9.30. The zero-order valence-electron chi connectivity index (χ0n) is 14.7. The number of aromatic hydroxyl groups is 1. The van der Waals surface area contributed by atoms with Gasteiger partial charge in [0, 0.05) is 18.7 Å². The molecule has 28 heavy (non-hydrogen) atoms. The van der Waals surface area contributed by atoms with Gasteiger partial charge in [-0.1, -0.05) is 47.1 Å². The van der Waals surface area contributed by atoms with Crippen LogP contribution in [0.25, 0.3) is 28.0 Å². The van der Waals surface area contributed by atoms with Crippen LogP contribution in [0.2, 0.25) is 5.02 Å². The van der Waals surface area contributed by atoms with Crippen LogP contribution in [0, 0.1) is 4.91 Å². The lowest BCUT2D eigenvalue weighted by Gasteiger charge is -2.26. The van der Waals surface area contributed by atoms with E-state index in [1.165, 1.54) is 0 Å². The van der Waals surface area contributed by atoms with Gasteiger partial charge in [0.05, 0.1) is 16.2 Å². The molecule has 1 aliphatic rings. The van der Waals surface area contributed by atoms with E-state index >= 15 is 0 Å². The molecule has 1 aromatic carbocycles. The number of halogens is 1. The van der Waals surface area contributed by atoms with Gasteiger partial charge in [-0.2, -0.15) is 9.89 Å². The minimum Gasteiger partial charge on any atom is -0.480 e. The summed E-state index contributed by atoms with van der Waals surface area (Å²) in [6.07, 6.45) is 2.70. The van der Waals surface area contributed by atoms with Gasteiger partial charge in [-0.05, 0) is 23.6 Å². The summed E-state index contributed by atoms with van der Waals surface area (Å²) < 4.78 is 0. The van der Waals surface area contributed by atoms with Gasteiger partial charge in [-0.3, -0.25) is 4.79 Å². The lowest BCUT2D eigenvalue weighted by molar-refractivity contribution is -0.129. The van der Waals surface area contributed by atoms with Crippen molar-refractivity contribution >= 4 is 34.2 Å². The number of nitrogens with zero attached hydrogens (tertiary/aromatic N) is 4. The molecule has 8 nitrogen and oxygen atoms in total. The number of carbonyl (C=O) groups is 1. The number of rotatable bonds is 4. The van der Waals surface area contributed by atoms with Crippen molar-refractivity contribution < 1.29 is 9.90 Å². The second-order valence-corrected chi connectivity index (χ2v) is 6.84. The zero-order chi connectivity index (χ0) is 19.7. The molecule has 1 aliphatic heterocycles. The van der Waals surface area contributed by atoms with Crippen molar-refractivity contribution in [1.82, 2.24) is 19.9 Å². The summed E-state index contributed by atoms with van der Waals surface area (Å²) in [6.45, 7) is 0.719. The second kappa shape index (κ2) is 7.40. The van der Waals surface area contributed by atoms with Crippen LogP contribution in [0.3, 0.4) is 0 Å². The normalized spacial score (nSPS) is 14.2. The van der Waals surface area contributed by atoms with Crippen molar-refractivity contribution in [3.63, 3.8) is 0 Å². The maximum Gasteiger partial charge on any atom is 0.293 e. The van der Waals surface area contributed by atoms with Crippen LogP contribution in [0.4, 0.5) is 0 Å². The first-order chi connectivity index (χ1) is 13.5. The number of imidazole rings is 1. The minimum atomic E-state index is -0.316.